The van der Waals surface area contributed by atoms with Crippen LogP contribution in [0.3, 0.4) is 0 Å². The predicted octanol–water partition coefficient (Wildman–Crippen LogP) is 3.65. The van der Waals surface area contributed by atoms with Crippen molar-refractivity contribution in [2.45, 2.75) is 35.1 Å². The summed E-state index contributed by atoms with van der Waals surface area (Å²) in [6, 6.07) is 18.0. The van der Waals surface area contributed by atoms with Crippen LogP contribution in [0.2, 0.25) is 0 Å². The molecule has 0 atom stereocenters. The molecule has 2 aromatic carbocycles. The van der Waals surface area contributed by atoms with Gasteiger partial charge in [0.25, 0.3) is 0 Å². The molecule has 0 radical (unpaired) electrons. The zero-order valence-electron chi connectivity index (χ0n) is 15.7. The van der Waals surface area contributed by atoms with E-state index in [1.807, 2.05) is 13.8 Å². The molecular formula is C21H21NO4S2. The van der Waals surface area contributed by atoms with Crippen LogP contribution in [0.15, 0.2) is 76.5 Å². The van der Waals surface area contributed by atoms with Crippen LogP contribution >= 0.6 is 0 Å². The van der Waals surface area contributed by atoms with Gasteiger partial charge < -0.3 is 0 Å². The molecule has 0 bridgehead atoms. The molecule has 0 saturated heterocycles. The number of aromatic nitrogens is 1. The van der Waals surface area contributed by atoms with Crippen LogP contribution in [0.1, 0.15) is 22.5 Å². The molecule has 1 heterocycles. The van der Waals surface area contributed by atoms with Crippen LogP contribution in [0, 0.1) is 13.8 Å². The van der Waals surface area contributed by atoms with Crippen LogP contribution in [-0.2, 0) is 31.2 Å². The fourth-order valence-electron chi connectivity index (χ4n) is 2.74. The summed E-state index contributed by atoms with van der Waals surface area (Å²) in [4.78, 5) is 4.71. The van der Waals surface area contributed by atoms with Gasteiger partial charge in [-0.3, -0.25) is 4.98 Å². The van der Waals surface area contributed by atoms with Gasteiger partial charge in [0.05, 0.1) is 32.7 Å². The topological polar surface area (TPSA) is 81.2 Å². The Balaban J connectivity index is 1.82. The first kappa shape index (κ1) is 20.2. The average molecular weight is 416 g/mol. The van der Waals surface area contributed by atoms with Crippen molar-refractivity contribution in [3.05, 3.63) is 89.2 Å². The summed E-state index contributed by atoms with van der Waals surface area (Å²) >= 11 is 0. The van der Waals surface area contributed by atoms with E-state index in [0.717, 1.165) is 11.1 Å². The largest absolute Gasteiger partial charge is 0.256 e. The van der Waals surface area contributed by atoms with Crippen molar-refractivity contribution < 1.29 is 16.8 Å². The first-order valence-electron chi connectivity index (χ1n) is 8.69. The Morgan fingerprint density at radius 1 is 0.607 bits per heavy atom. The Morgan fingerprint density at radius 3 is 1.32 bits per heavy atom. The minimum atomic E-state index is -3.56. The van der Waals surface area contributed by atoms with E-state index in [-0.39, 0.29) is 21.3 Å². The summed E-state index contributed by atoms with van der Waals surface area (Å²) in [7, 11) is -7.12. The minimum Gasteiger partial charge on any atom is -0.256 e. The second kappa shape index (κ2) is 7.85. The smallest absolute Gasteiger partial charge is 0.184 e. The lowest BCUT2D eigenvalue weighted by Crippen LogP contribution is -2.10. The molecule has 28 heavy (non-hydrogen) atoms. The van der Waals surface area contributed by atoms with Crippen molar-refractivity contribution in [3.8, 4) is 0 Å². The maximum Gasteiger partial charge on any atom is 0.184 e. The predicted molar refractivity (Wildman–Crippen MR) is 108 cm³/mol. The number of pyridine rings is 1. The second-order valence-corrected chi connectivity index (χ2v) is 10.7. The SMILES string of the molecule is Cc1ccc(S(=O)(=O)Cc2cccc(CS(=O)(=O)c3ccc(C)cc3)n2)cc1. The molecular weight excluding hydrogens is 394 g/mol. The highest BCUT2D eigenvalue weighted by Gasteiger charge is 2.19. The zero-order chi connectivity index (χ0) is 20.4. The summed E-state index contributed by atoms with van der Waals surface area (Å²) in [5, 5.41) is 0. The third kappa shape index (κ3) is 4.85. The zero-order valence-corrected chi connectivity index (χ0v) is 17.3. The van der Waals surface area contributed by atoms with Gasteiger partial charge in [-0.1, -0.05) is 41.5 Å². The quantitative estimate of drug-likeness (QED) is 0.614. The summed E-state index contributed by atoms with van der Waals surface area (Å²) in [5.41, 5.74) is 2.58. The number of sulfone groups is 2. The number of hydrogen-bond acceptors (Lipinski definition) is 5. The molecule has 0 amide bonds. The highest BCUT2D eigenvalue weighted by Crippen LogP contribution is 2.19. The first-order chi connectivity index (χ1) is 13.2. The van der Waals surface area contributed by atoms with Gasteiger partial charge in [0.15, 0.2) is 19.7 Å². The summed E-state index contributed by atoms with van der Waals surface area (Å²) in [6.07, 6.45) is 0. The molecule has 0 aliphatic heterocycles. The lowest BCUT2D eigenvalue weighted by atomic mass is 10.2. The van der Waals surface area contributed by atoms with Crippen LogP contribution in [-0.4, -0.2) is 21.8 Å². The highest BCUT2D eigenvalue weighted by molar-refractivity contribution is 7.91. The van der Waals surface area contributed by atoms with Crippen molar-refractivity contribution >= 4 is 19.7 Å². The van der Waals surface area contributed by atoms with E-state index in [1.54, 1.807) is 66.7 Å². The third-order valence-electron chi connectivity index (χ3n) is 4.30. The van der Waals surface area contributed by atoms with Crippen LogP contribution < -0.4 is 0 Å². The van der Waals surface area contributed by atoms with Gasteiger partial charge >= 0.3 is 0 Å². The summed E-state index contributed by atoms with van der Waals surface area (Å²) in [6.45, 7) is 3.77. The van der Waals surface area contributed by atoms with Gasteiger partial charge in [-0.25, -0.2) is 16.8 Å². The van der Waals surface area contributed by atoms with Gasteiger partial charge in [0.1, 0.15) is 0 Å². The second-order valence-electron chi connectivity index (χ2n) is 6.76. The first-order valence-corrected chi connectivity index (χ1v) is 12.0. The number of hydrogen-bond donors (Lipinski definition) is 0. The number of aryl methyl sites for hydroxylation is 2. The lowest BCUT2D eigenvalue weighted by molar-refractivity contribution is 0.594. The van der Waals surface area contributed by atoms with Crippen LogP contribution in [0.4, 0.5) is 0 Å². The van der Waals surface area contributed by atoms with E-state index >= 15 is 0 Å². The number of benzene rings is 2. The monoisotopic (exact) mass is 415 g/mol. The van der Waals surface area contributed by atoms with Crippen LogP contribution in [0.25, 0.3) is 0 Å². The van der Waals surface area contributed by atoms with Gasteiger partial charge in [-0.05, 0) is 50.2 Å². The Kier molecular flexibility index (Phi) is 5.67. The average Bonchev–Trinajstić information content (AvgIpc) is 2.62. The molecule has 3 rings (SSSR count). The molecule has 0 unspecified atom stereocenters. The molecule has 146 valence electrons. The molecule has 0 aliphatic rings. The molecule has 0 saturated carbocycles. The molecule has 1 aromatic heterocycles. The van der Waals surface area contributed by atoms with Crippen LogP contribution in [0.5, 0.6) is 0 Å². The van der Waals surface area contributed by atoms with Gasteiger partial charge in [0, 0.05) is 0 Å². The van der Waals surface area contributed by atoms with Crippen molar-refractivity contribution in [1.82, 2.24) is 4.98 Å². The number of nitrogens with zero attached hydrogens (tertiary/aromatic N) is 1. The third-order valence-corrected chi connectivity index (χ3v) is 7.63. The molecule has 3 aromatic rings. The number of rotatable bonds is 6. The minimum absolute atomic E-state index is 0.220. The molecule has 0 N–H and O–H groups in total. The molecule has 0 aliphatic carbocycles. The summed E-state index contributed by atoms with van der Waals surface area (Å²) in [5.74, 6) is -0.567. The molecule has 7 heteroatoms. The van der Waals surface area contributed by atoms with Crippen molar-refractivity contribution in [2.24, 2.45) is 0 Å². The van der Waals surface area contributed by atoms with Gasteiger partial charge in [0.2, 0.25) is 0 Å². The summed E-state index contributed by atoms with van der Waals surface area (Å²) < 4.78 is 50.4. The maximum atomic E-state index is 12.6. The van der Waals surface area contributed by atoms with E-state index in [0.29, 0.717) is 11.4 Å². The molecule has 0 fully saturated rings. The van der Waals surface area contributed by atoms with Crippen molar-refractivity contribution in [2.75, 3.05) is 0 Å². The normalized spacial score (nSPS) is 12.1. The Hall–Kier alpha value is -2.51. The Labute approximate surface area is 165 Å². The molecule has 5 nitrogen and oxygen atoms in total. The standard InChI is InChI=1S/C21H21NO4S2/c1-16-6-10-20(11-7-16)27(23,24)14-18-4-3-5-19(22-18)15-28(25,26)21-12-8-17(2)9-13-21/h3-13H,14-15H2,1-2H3. The fourth-order valence-corrected chi connectivity index (χ4v) is 5.27. The Morgan fingerprint density at radius 2 is 0.964 bits per heavy atom. The molecule has 0 spiro atoms. The lowest BCUT2D eigenvalue weighted by Gasteiger charge is -2.08. The van der Waals surface area contributed by atoms with E-state index in [2.05, 4.69) is 4.98 Å². The maximum absolute atomic E-state index is 12.6. The van der Waals surface area contributed by atoms with Gasteiger partial charge in [-0.15, -0.1) is 0 Å². The highest BCUT2D eigenvalue weighted by atomic mass is 32.2. The van der Waals surface area contributed by atoms with Crippen molar-refractivity contribution in [1.29, 1.82) is 0 Å². The van der Waals surface area contributed by atoms with Gasteiger partial charge in [-0.2, -0.15) is 0 Å². The Bertz CT molecular complexity index is 1090. The van der Waals surface area contributed by atoms with E-state index in [9.17, 15) is 16.8 Å². The van der Waals surface area contributed by atoms with E-state index in [1.165, 1.54) is 0 Å². The van der Waals surface area contributed by atoms with E-state index < -0.39 is 19.7 Å². The van der Waals surface area contributed by atoms with E-state index in [4.69, 9.17) is 0 Å². The van der Waals surface area contributed by atoms with Crippen molar-refractivity contribution in [3.63, 3.8) is 0 Å². The fraction of sp³-hybridized carbons (Fsp3) is 0.190.